The van der Waals surface area contributed by atoms with Gasteiger partial charge in [0.15, 0.2) is 11.5 Å². The first-order valence-electron chi connectivity index (χ1n) is 12.6. The Bertz CT molecular complexity index is 1530. The van der Waals surface area contributed by atoms with Gasteiger partial charge >= 0.3 is 5.97 Å². The van der Waals surface area contributed by atoms with Crippen molar-refractivity contribution in [2.45, 2.75) is 19.6 Å². The largest absolute Gasteiger partial charge is 0.493 e. The van der Waals surface area contributed by atoms with Crippen molar-refractivity contribution in [3.05, 3.63) is 99.5 Å². The molecule has 0 aromatic heterocycles. The molecule has 2 heterocycles. The van der Waals surface area contributed by atoms with Crippen LogP contribution < -0.4 is 9.47 Å². The Kier molecular flexibility index (Phi) is 7.88. The monoisotopic (exact) mass is 558 g/mol. The number of methoxy groups -OCH3 is 1. The van der Waals surface area contributed by atoms with Crippen LogP contribution >= 0.6 is 11.8 Å². The number of benzene rings is 3. The van der Waals surface area contributed by atoms with Gasteiger partial charge in [0.2, 0.25) is 5.91 Å². The highest BCUT2D eigenvalue weighted by Crippen LogP contribution is 2.35. The van der Waals surface area contributed by atoms with Gasteiger partial charge in [-0.05, 0) is 70.8 Å². The van der Waals surface area contributed by atoms with Gasteiger partial charge in [-0.25, -0.2) is 4.79 Å². The molecule has 3 aromatic carbocycles. The van der Waals surface area contributed by atoms with E-state index in [1.165, 1.54) is 24.8 Å². The smallest absolute Gasteiger partial charge is 0.335 e. The Balaban J connectivity index is 1.24. The second-order valence-electron chi connectivity index (χ2n) is 9.31. The maximum Gasteiger partial charge on any atom is 0.335 e. The molecule has 40 heavy (non-hydrogen) atoms. The summed E-state index contributed by atoms with van der Waals surface area (Å²) in [7, 11) is 1.48. The average molecular weight is 559 g/mol. The number of carbonyl (C=O) groups is 4. The van der Waals surface area contributed by atoms with E-state index < -0.39 is 17.1 Å². The summed E-state index contributed by atoms with van der Waals surface area (Å²) < 4.78 is 11.3. The first kappa shape index (κ1) is 27.0. The van der Waals surface area contributed by atoms with Crippen molar-refractivity contribution < 1.29 is 33.8 Å². The van der Waals surface area contributed by atoms with Crippen molar-refractivity contribution in [2.75, 3.05) is 20.2 Å². The Morgan fingerprint density at radius 3 is 2.58 bits per heavy atom. The summed E-state index contributed by atoms with van der Waals surface area (Å²) in [5.74, 6) is -0.964. The Hall–Kier alpha value is -4.57. The van der Waals surface area contributed by atoms with Gasteiger partial charge in [-0.1, -0.05) is 42.5 Å². The number of hydrogen-bond acceptors (Lipinski definition) is 7. The van der Waals surface area contributed by atoms with E-state index in [2.05, 4.69) is 0 Å². The van der Waals surface area contributed by atoms with Crippen LogP contribution in [0.15, 0.2) is 71.6 Å². The average Bonchev–Trinajstić information content (AvgIpc) is 3.23. The molecule has 0 saturated carbocycles. The van der Waals surface area contributed by atoms with Crippen LogP contribution in [-0.2, 0) is 29.2 Å². The number of nitrogens with zero attached hydrogens (tertiary/aromatic N) is 2. The van der Waals surface area contributed by atoms with E-state index in [1.54, 1.807) is 41.3 Å². The predicted octanol–water partition coefficient (Wildman–Crippen LogP) is 4.59. The molecule has 5 rings (SSSR count). The lowest BCUT2D eigenvalue weighted by Crippen LogP contribution is -2.44. The van der Waals surface area contributed by atoms with Crippen LogP contribution in [0.4, 0.5) is 4.79 Å². The highest BCUT2D eigenvalue weighted by Gasteiger charge is 2.37. The molecule has 0 atom stereocenters. The fraction of sp³-hybridized carbons (Fsp3) is 0.200. The van der Waals surface area contributed by atoms with E-state index >= 15 is 0 Å². The molecule has 0 bridgehead atoms. The second kappa shape index (κ2) is 11.7. The van der Waals surface area contributed by atoms with Gasteiger partial charge in [0.1, 0.15) is 13.2 Å². The summed E-state index contributed by atoms with van der Waals surface area (Å²) in [6.45, 7) is 0.830. The number of rotatable bonds is 8. The Labute approximate surface area is 235 Å². The minimum atomic E-state index is -1.02. The quantitative estimate of drug-likeness (QED) is 0.400. The summed E-state index contributed by atoms with van der Waals surface area (Å²) in [4.78, 5) is 52.7. The number of hydrogen-bond donors (Lipinski definition) is 1. The van der Waals surface area contributed by atoms with E-state index in [1.807, 2.05) is 24.3 Å². The van der Waals surface area contributed by atoms with E-state index in [-0.39, 0.29) is 29.5 Å². The SMILES string of the molecule is COc1cc(/C=C2\SC(=O)N(CC(=O)N3CCc4ccccc4C3)C2=O)ccc1OCc1cccc(C(=O)O)c1. The number of amides is 3. The van der Waals surface area contributed by atoms with Crippen molar-refractivity contribution in [2.24, 2.45) is 0 Å². The molecular formula is C30H26N2O7S. The maximum absolute atomic E-state index is 13.0. The zero-order valence-electron chi connectivity index (χ0n) is 21.7. The molecule has 204 valence electrons. The standard InChI is InChI=1S/C30H26N2O7S/c1-38-25-14-19(9-10-24(25)39-18-20-5-4-8-22(13-20)29(35)36)15-26-28(34)32(30(37)40-26)17-27(33)31-12-11-21-6-2-3-7-23(21)16-31/h2-10,13-15H,11-12,16-18H2,1H3,(H,35,36)/b26-15-. The van der Waals surface area contributed by atoms with Crippen LogP contribution in [0, 0.1) is 0 Å². The third-order valence-corrected chi connectivity index (χ3v) is 7.61. The van der Waals surface area contributed by atoms with Gasteiger partial charge in [0.05, 0.1) is 17.6 Å². The number of carboxylic acids is 1. The van der Waals surface area contributed by atoms with Crippen LogP contribution in [0.1, 0.15) is 32.6 Å². The van der Waals surface area contributed by atoms with Crippen LogP contribution in [0.5, 0.6) is 11.5 Å². The molecule has 3 aromatic rings. The van der Waals surface area contributed by atoms with E-state index in [0.717, 1.165) is 28.6 Å². The lowest BCUT2D eigenvalue weighted by Gasteiger charge is -2.29. The third kappa shape index (κ3) is 5.86. The van der Waals surface area contributed by atoms with Crippen molar-refractivity contribution in [1.82, 2.24) is 9.80 Å². The molecule has 3 amide bonds. The van der Waals surface area contributed by atoms with Gasteiger partial charge in [-0.3, -0.25) is 19.3 Å². The number of ether oxygens (including phenoxy) is 2. The van der Waals surface area contributed by atoms with Crippen molar-refractivity contribution in [3.8, 4) is 11.5 Å². The number of carbonyl (C=O) groups excluding carboxylic acids is 3. The molecule has 9 nitrogen and oxygen atoms in total. The molecule has 0 spiro atoms. The van der Waals surface area contributed by atoms with Crippen molar-refractivity contribution >= 4 is 40.9 Å². The van der Waals surface area contributed by atoms with Crippen LogP contribution in [-0.4, -0.2) is 58.1 Å². The normalized spacial score (nSPS) is 15.8. The number of carboxylic acid groups (broad SMARTS) is 1. The minimum absolute atomic E-state index is 0.131. The highest BCUT2D eigenvalue weighted by molar-refractivity contribution is 8.18. The fourth-order valence-corrected chi connectivity index (χ4v) is 5.42. The number of thioether (sulfide) groups is 1. The molecular weight excluding hydrogens is 532 g/mol. The fourth-order valence-electron chi connectivity index (χ4n) is 4.58. The Morgan fingerprint density at radius 1 is 1.00 bits per heavy atom. The molecule has 2 aliphatic rings. The van der Waals surface area contributed by atoms with Gasteiger partial charge < -0.3 is 19.5 Å². The molecule has 0 radical (unpaired) electrons. The lowest BCUT2D eigenvalue weighted by molar-refractivity contribution is -0.136. The zero-order chi connectivity index (χ0) is 28.2. The minimum Gasteiger partial charge on any atom is -0.493 e. The van der Waals surface area contributed by atoms with Gasteiger partial charge in [0.25, 0.3) is 11.1 Å². The predicted molar refractivity (Wildman–Crippen MR) is 149 cm³/mol. The van der Waals surface area contributed by atoms with Gasteiger partial charge in [-0.15, -0.1) is 0 Å². The summed E-state index contributed by atoms with van der Waals surface area (Å²) >= 11 is 0.790. The first-order chi connectivity index (χ1) is 19.3. The summed E-state index contributed by atoms with van der Waals surface area (Å²) in [6.07, 6.45) is 2.31. The lowest BCUT2D eigenvalue weighted by atomic mass is 10.00. The Morgan fingerprint density at radius 2 is 1.80 bits per heavy atom. The number of fused-ring (bicyclic) bond motifs is 1. The van der Waals surface area contributed by atoms with E-state index in [4.69, 9.17) is 9.47 Å². The summed E-state index contributed by atoms with van der Waals surface area (Å²) in [5, 5.41) is 8.69. The van der Waals surface area contributed by atoms with Crippen LogP contribution in [0.2, 0.25) is 0 Å². The molecule has 0 unspecified atom stereocenters. The zero-order valence-corrected chi connectivity index (χ0v) is 22.5. The third-order valence-electron chi connectivity index (χ3n) is 6.70. The van der Waals surface area contributed by atoms with E-state index in [9.17, 15) is 24.3 Å². The second-order valence-corrected chi connectivity index (χ2v) is 10.3. The topological polar surface area (TPSA) is 113 Å². The van der Waals surface area contributed by atoms with E-state index in [0.29, 0.717) is 35.7 Å². The number of aromatic carboxylic acids is 1. The van der Waals surface area contributed by atoms with Crippen LogP contribution in [0.25, 0.3) is 6.08 Å². The van der Waals surface area contributed by atoms with Crippen LogP contribution in [0.3, 0.4) is 0 Å². The summed E-state index contributed by atoms with van der Waals surface area (Å²) in [5.41, 5.74) is 3.75. The molecule has 1 saturated heterocycles. The molecule has 10 heteroatoms. The molecule has 2 aliphatic heterocycles. The first-order valence-corrected chi connectivity index (χ1v) is 13.4. The van der Waals surface area contributed by atoms with Gasteiger partial charge in [-0.2, -0.15) is 0 Å². The highest BCUT2D eigenvalue weighted by atomic mass is 32.2. The molecule has 1 N–H and O–H groups in total. The van der Waals surface area contributed by atoms with Crippen molar-refractivity contribution in [1.29, 1.82) is 0 Å². The number of imide groups is 1. The maximum atomic E-state index is 13.0. The molecule has 1 fully saturated rings. The van der Waals surface area contributed by atoms with Gasteiger partial charge in [0, 0.05) is 13.1 Å². The summed E-state index contributed by atoms with van der Waals surface area (Å²) in [6, 6.07) is 19.5. The molecule has 0 aliphatic carbocycles. The van der Waals surface area contributed by atoms with Crippen molar-refractivity contribution in [3.63, 3.8) is 0 Å².